The molecule has 1 fully saturated rings. The van der Waals surface area contributed by atoms with Crippen LogP contribution in [0.15, 0.2) is 16.5 Å². The highest BCUT2D eigenvalue weighted by atomic mass is 16.5. The molecule has 0 aliphatic carbocycles. The predicted octanol–water partition coefficient (Wildman–Crippen LogP) is 2.51. The van der Waals surface area contributed by atoms with Crippen LogP contribution in [0, 0.1) is 6.92 Å². The minimum Gasteiger partial charge on any atom is -0.493 e. The Balaban J connectivity index is 1.71. The standard InChI is InChI=1S/C21H28N2O6/c1-12-15-8-9-16(26-3)20(28-5)19(15)29-18(12)21(25)22-11-14-7-6-13(23(14)2)10-17(24)27-4/h8-9,13-14H,6-7,10-11H2,1-5H3,(H,22,25)/t13-,14+/m1/s1. The lowest BCUT2D eigenvalue weighted by atomic mass is 10.1. The van der Waals surface area contributed by atoms with Gasteiger partial charge < -0.3 is 23.9 Å². The molecular weight excluding hydrogens is 376 g/mol. The second kappa shape index (κ2) is 8.73. The fourth-order valence-corrected chi connectivity index (χ4v) is 3.96. The molecule has 158 valence electrons. The molecule has 0 bridgehead atoms. The van der Waals surface area contributed by atoms with Crippen LogP contribution in [0.4, 0.5) is 0 Å². The van der Waals surface area contributed by atoms with Gasteiger partial charge in [0.05, 0.1) is 27.8 Å². The molecular formula is C21H28N2O6. The van der Waals surface area contributed by atoms with Gasteiger partial charge in [0, 0.05) is 29.6 Å². The van der Waals surface area contributed by atoms with Gasteiger partial charge in [-0.1, -0.05) is 0 Å². The number of nitrogens with one attached hydrogen (secondary N) is 1. The normalized spacial score (nSPS) is 19.3. The average molecular weight is 404 g/mol. The largest absolute Gasteiger partial charge is 0.493 e. The van der Waals surface area contributed by atoms with Crippen molar-refractivity contribution in [2.45, 2.75) is 38.3 Å². The number of likely N-dealkylation sites (tertiary alicyclic amines) is 1. The van der Waals surface area contributed by atoms with Crippen LogP contribution in [0.3, 0.4) is 0 Å². The van der Waals surface area contributed by atoms with Crippen LogP contribution >= 0.6 is 0 Å². The summed E-state index contributed by atoms with van der Waals surface area (Å²) in [5, 5.41) is 3.77. The number of methoxy groups -OCH3 is 3. The summed E-state index contributed by atoms with van der Waals surface area (Å²) in [4.78, 5) is 26.5. The van der Waals surface area contributed by atoms with Gasteiger partial charge >= 0.3 is 5.97 Å². The number of nitrogens with zero attached hydrogens (tertiary/aromatic N) is 1. The minimum atomic E-state index is -0.274. The van der Waals surface area contributed by atoms with Crippen molar-refractivity contribution >= 4 is 22.8 Å². The number of amides is 1. The van der Waals surface area contributed by atoms with Gasteiger partial charge in [-0.25, -0.2) is 0 Å². The van der Waals surface area contributed by atoms with E-state index in [-0.39, 0.29) is 29.7 Å². The van der Waals surface area contributed by atoms with Gasteiger partial charge in [0.15, 0.2) is 17.1 Å². The quantitative estimate of drug-likeness (QED) is 0.709. The summed E-state index contributed by atoms with van der Waals surface area (Å²) in [6.45, 7) is 2.32. The molecule has 2 atom stereocenters. The molecule has 0 spiro atoms. The number of carbonyl (C=O) groups excluding carboxylic acids is 2. The topological polar surface area (TPSA) is 90.2 Å². The highest BCUT2D eigenvalue weighted by Gasteiger charge is 2.32. The lowest BCUT2D eigenvalue weighted by molar-refractivity contribution is -0.141. The first kappa shape index (κ1) is 21.0. The first-order valence-corrected chi connectivity index (χ1v) is 9.62. The summed E-state index contributed by atoms with van der Waals surface area (Å²) < 4.78 is 21.3. The third-order valence-corrected chi connectivity index (χ3v) is 5.77. The zero-order valence-electron chi connectivity index (χ0n) is 17.5. The zero-order valence-corrected chi connectivity index (χ0v) is 17.5. The summed E-state index contributed by atoms with van der Waals surface area (Å²) >= 11 is 0. The highest BCUT2D eigenvalue weighted by Crippen LogP contribution is 2.39. The Kier molecular flexibility index (Phi) is 6.32. The molecule has 3 rings (SSSR count). The number of ether oxygens (including phenoxy) is 3. The van der Waals surface area contributed by atoms with E-state index in [1.807, 2.05) is 20.0 Å². The number of furan rings is 1. The molecule has 0 unspecified atom stereocenters. The molecule has 1 aliphatic rings. The Morgan fingerprint density at radius 1 is 1.17 bits per heavy atom. The number of fused-ring (bicyclic) bond motifs is 1. The number of rotatable bonds is 7. The fourth-order valence-electron chi connectivity index (χ4n) is 3.96. The number of aryl methyl sites for hydroxylation is 1. The summed E-state index contributed by atoms with van der Waals surface area (Å²) in [7, 11) is 6.46. The van der Waals surface area contributed by atoms with Crippen LogP contribution in [0.25, 0.3) is 11.0 Å². The Bertz CT molecular complexity index is 906. The molecule has 8 heteroatoms. The lowest BCUT2D eigenvalue weighted by Crippen LogP contribution is -2.41. The van der Waals surface area contributed by atoms with E-state index >= 15 is 0 Å². The first-order chi connectivity index (χ1) is 13.9. The van der Waals surface area contributed by atoms with Crippen molar-refractivity contribution in [3.8, 4) is 11.5 Å². The third-order valence-electron chi connectivity index (χ3n) is 5.77. The van der Waals surface area contributed by atoms with Gasteiger partial charge in [0.1, 0.15) is 0 Å². The van der Waals surface area contributed by atoms with Crippen LogP contribution in [0.2, 0.25) is 0 Å². The van der Waals surface area contributed by atoms with Crippen molar-refractivity contribution in [3.63, 3.8) is 0 Å². The molecule has 1 aromatic carbocycles. The Hall–Kier alpha value is -2.74. The summed E-state index contributed by atoms with van der Waals surface area (Å²) in [5.74, 6) is 0.787. The van der Waals surface area contributed by atoms with Gasteiger partial charge in [0.25, 0.3) is 5.91 Å². The van der Waals surface area contributed by atoms with Crippen molar-refractivity contribution in [1.82, 2.24) is 10.2 Å². The third kappa shape index (κ3) is 4.03. The van der Waals surface area contributed by atoms with Crippen LogP contribution in [0.1, 0.15) is 35.4 Å². The molecule has 2 aromatic rings. The maximum atomic E-state index is 12.8. The smallest absolute Gasteiger partial charge is 0.307 e. The van der Waals surface area contributed by atoms with Gasteiger partial charge in [-0.15, -0.1) is 0 Å². The van der Waals surface area contributed by atoms with Gasteiger partial charge in [0.2, 0.25) is 5.75 Å². The average Bonchev–Trinajstić information content (AvgIpc) is 3.25. The number of esters is 1. The monoisotopic (exact) mass is 404 g/mol. The predicted molar refractivity (Wildman–Crippen MR) is 108 cm³/mol. The van der Waals surface area contributed by atoms with Crippen LogP contribution in [-0.4, -0.2) is 63.8 Å². The van der Waals surface area contributed by atoms with Crippen molar-refractivity contribution in [2.75, 3.05) is 34.9 Å². The van der Waals surface area contributed by atoms with Crippen molar-refractivity contribution in [2.24, 2.45) is 0 Å². The van der Waals surface area contributed by atoms with E-state index in [0.717, 1.165) is 23.8 Å². The van der Waals surface area contributed by atoms with E-state index in [9.17, 15) is 9.59 Å². The molecule has 0 radical (unpaired) electrons. The van der Waals surface area contributed by atoms with Crippen LogP contribution < -0.4 is 14.8 Å². The van der Waals surface area contributed by atoms with Crippen molar-refractivity contribution in [3.05, 3.63) is 23.5 Å². The Morgan fingerprint density at radius 2 is 1.90 bits per heavy atom. The number of benzene rings is 1. The zero-order chi connectivity index (χ0) is 21.1. The molecule has 1 saturated heterocycles. The molecule has 2 heterocycles. The van der Waals surface area contributed by atoms with Gasteiger partial charge in [-0.2, -0.15) is 0 Å². The molecule has 1 N–H and O–H groups in total. The second-order valence-corrected chi connectivity index (χ2v) is 7.27. The fraction of sp³-hybridized carbons (Fsp3) is 0.524. The maximum Gasteiger partial charge on any atom is 0.307 e. The van der Waals surface area contributed by atoms with Crippen LogP contribution in [0.5, 0.6) is 11.5 Å². The minimum absolute atomic E-state index is 0.133. The van der Waals surface area contributed by atoms with E-state index in [0.29, 0.717) is 30.0 Å². The number of likely N-dealkylation sites (N-methyl/N-ethyl adjacent to an activating group) is 1. The second-order valence-electron chi connectivity index (χ2n) is 7.27. The number of hydrogen-bond donors (Lipinski definition) is 1. The summed E-state index contributed by atoms with van der Waals surface area (Å²) in [6.07, 6.45) is 2.16. The van der Waals surface area contributed by atoms with Gasteiger partial charge in [-0.3, -0.25) is 14.5 Å². The summed E-state index contributed by atoms with van der Waals surface area (Å²) in [6, 6.07) is 3.94. The van der Waals surface area contributed by atoms with Crippen molar-refractivity contribution in [1.29, 1.82) is 0 Å². The number of hydrogen-bond acceptors (Lipinski definition) is 7. The molecule has 1 amide bonds. The summed E-state index contributed by atoms with van der Waals surface area (Å²) in [5.41, 5.74) is 1.24. The molecule has 29 heavy (non-hydrogen) atoms. The Morgan fingerprint density at radius 3 is 2.55 bits per heavy atom. The van der Waals surface area contributed by atoms with Crippen molar-refractivity contribution < 1.29 is 28.2 Å². The molecule has 8 nitrogen and oxygen atoms in total. The Labute approximate surface area is 170 Å². The molecule has 1 aliphatic heterocycles. The molecule has 1 aromatic heterocycles. The maximum absolute atomic E-state index is 12.8. The highest BCUT2D eigenvalue weighted by molar-refractivity contribution is 6.00. The molecule has 0 saturated carbocycles. The lowest BCUT2D eigenvalue weighted by Gasteiger charge is -2.25. The van der Waals surface area contributed by atoms with E-state index in [1.54, 1.807) is 13.2 Å². The van der Waals surface area contributed by atoms with E-state index in [2.05, 4.69) is 10.2 Å². The van der Waals surface area contributed by atoms with Crippen LogP contribution in [-0.2, 0) is 9.53 Å². The van der Waals surface area contributed by atoms with E-state index < -0.39 is 0 Å². The number of carbonyl (C=O) groups is 2. The van der Waals surface area contributed by atoms with E-state index in [4.69, 9.17) is 18.6 Å². The first-order valence-electron chi connectivity index (χ1n) is 9.62. The SMILES string of the molecule is COC(=O)C[C@H]1CC[C@@H](CNC(=O)c2oc3c(OC)c(OC)ccc3c2C)N1C. The van der Waals surface area contributed by atoms with E-state index in [1.165, 1.54) is 14.2 Å². The van der Waals surface area contributed by atoms with Gasteiger partial charge in [-0.05, 0) is 38.9 Å².